The van der Waals surface area contributed by atoms with E-state index in [2.05, 4.69) is 51.2 Å². The molecule has 2 heteroatoms. The van der Waals surface area contributed by atoms with Crippen LogP contribution >= 0.6 is 0 Å². The van der Waals surface area contributed by atoms with Gasteiger partial charge in [-0.25, -0.2) is 0 Å². The molecule has 1 atom stereocenters. The normalized spacial score (nSPS) is 13.1. The van der Waals surface area contributed by atoms with E-state index in [-0.39, 0.29) is 0 Å². The first-order valence-electron chi connectivity index (χ1n) is 6.38. The Labute approximate surface area is 105 Å². The van der Waals surface area contributed by atoms with Crippen LogP contribution in [0.3, 0.4) is 0 Å². The van der Waals surface area contributed by atoms with Crippen molar-refractivity contribution in [1.82, 2.24) is 5.32 Å². The van der Waals surface area contributed by atoms with E-state index < -0.39 is 0 Å². The third-order valence-electron chi connectivity index (χ3n) is 3.01. The SMILES string of the molecule is CNC(COC(C)C)Cc1cc(C)ccc1C. The Kier molecular flexibility index (Phi) is 5.66. The van der Waals surface area contributed by atoms with Gasteiger partial charge in [0.1, 0.15) is 0 Å². The van der Waals surface area contributed by atoms with Crippen LogP contribution in [0.5, 0.6) is 0 Å². The van der Waals surface area contributed by atoms with Gasteiger partial charge in [0.05, 0.1) is 12.7 Å². The van der Waals surface area contributed by atoms with Gasteiger partial charge in [-0.2, -0.15) is 0 Å². The lowest BCUT2D eigenvalue weighted by Gasteiger charge is -2.19. The summed E-state index contributed by atoms with van der Waals surface area (Å²) in [4.78, 5) is 0. The molecule has 0 heterocycles. The summed E-state index contributed by atoms with van der Waals surface area (Å²) in [5.41, 5.74) is 4.10. The van der Waals surface area contributed by atoms with Crippen molar-refractivity contribution in [2.75, 3.05) is 13.7 Å². The average molecular weight is 235 g/mol. The lowest BCUT2D eigenvalue weighted by molar-refractivity contribution is 0.0627. The fraction of sp³-hybridized carbons (Fsp3) is 0.600. The van der Waals surface area contributed by atoms with Gasteiger partial charge in [0.15, 0.2) is 0 Å². The maximum Gasteiger partial charge on any atom is 0.0626 e. The van der Waals surface area contributed by atoms with Crippen LogP contribution in [0.1, 0.15) is 30.5 Å². The molecule has 0 aromatic heterocycles. The van der Waals surface area contributed by atoms with Crippen LogP contribution in [-0.4, -0.2) is 25.8 Å². The lowest BCUT2D eigenvalue weighted by Crippen LogP contribution is -2.33. The van der Waals surface area contributed by atoms with E-state index in [1.54, 1.807) is 0 Å². The molecule has 1 aromatic rings. The van der Waals surface area contributed by atoms with Gasteiger partial charge >= 0.3 is 0 Å². The Balaban J connectivity index is 2.63. The highest BCUT2D eigenvalue weighted by molar-refractivity contribution is 5.31. The summed E-state index contributed by atoms with van der Waals surface area (Å²) in [5.74, 6) is 0. The molecular formula is C15H25NO. The number of rotatable bonds is 6. The highest BCUT2D eigenvalue weighted by atomic mass is 16.5. The number of nitrogens with one attached hydrogen (secondary N) is 1. The lowest BCUT2D eigenvalue weighted by atomic mass is 9.99. The zero-order chi connectivity index (χ0) is 12.8. The molecule has 1 N–H and O–H groups in total. The summed E-state index contributed by atoms with van der Waals surface area (Å²) in [6, 6.07) is 7.02. The van der Waals surface area contributed by atoms with Crippen molar-refractivity contribution in [2.45, 2.75) is 46.3 Å². The molecule has 0 aliphatic rings. The summed E-state index contributed by atoms with van der Waals surface area (Å²) in [6.45, 7) is 9.23. The Morgan fingerprint density at radius 1 is 1.24 bits per heavy atom. The van der Waals surface area contributed by atoms with E-state index >= 15 is 0 Å². The fourth-order valence-corrected chi connectivity index (χ4v) is 1.84. The number of hydrogen-bond acceptors (Lipinski definition) is 2. The Bertz CT molecular complexity index is 347. The van der Waals surface area contributed by atoms with Gasteiger partial charge in [-0.3, -0.25) is 0 Å². The maximum atomic E-state index is 5.67. The molecule has 0 saturated heterocycles. The Morgan fingerprint density at radius 3 is 2.53 bits per heavy atom. The van der Waals surface area contributed by atoms with E-state index in [1.807, 2.05) is 7.05 Å². The van der Waals surface area contributed by atoms with Crippen molar-refractivity contribution < 1.29 is 4.74 Å². The molecule has 17 heavy (non-hydrogen) atoms. The van der Waals surface area contributed by atoms with Crippen LogP contribution in [-0.2, 0) is 11.2 Å². The minimum Gasteiger partial charge on any atom is -0.377 e. The molecule has 0 amide bonds. The van der Waals surface area contributed by atoms with E-state index in [0.29, 0.717) is 12.1 Å². The number of ether oxygens (including phenoxy) is 1. The van der Waals surface area contributed by atoms with Gasteiger partial charge in [0.2, 0.25) is 0 Å². The highest BCUT2D eigenvalue weighted by Crippen LogP contribution is 2.13. The number of hydrogen-bond donors (Lipinski definition) is 1. The number of likely N-dealkylation sites (N-methyl/N-ethyl adjacent to an activating group) is 1. The Hall–Kier alpha value is -0.860. The summed E-state index contributed by atoms with van der Waals surface area (Å²) in [7, 11) is 2.00. The first-order chi connectivity index (χ1) is 8.02. The monoisotopic (exact) mass is 235 g/mol. The fourth-order valence-electron chi connectivity index (χ4n) is 1.84. The molecular weight excluding hydrogens is 210 g/mol. The second-order valence-electron chi connectivity index (χ2n) is 5.00. The molecule has 0 bridgehead atoms. The van der Waals surface area contributed by atoms with Crippen LogP contribution in [0.25, 0.3) is 0 Å². The van der Waals surface area contributed by atoms with Crippen LogP contribution in [0.4, 0.5) is 0 Å². The van der Waals surface area contributed by atoms with Gasteiger partial charge < -0.3 is 10.1 Å². The average Bonchev–Trinajstić information content (AvgIpc) is 2.28. The Morgan fingerprint density at radius 2 is 1.94 bits per heavy atom. The van der Waals surface area contributed by atoms with Crippen LogP contribution < -0.4 is 5.32 Å². The van der Waals surface area contributed by atoms with Crippen molar-refractivity contribution in [3.8, 4) is 0 Å². The molecule has 0 spiro atoms. The van der Waals surface area contributed by atoms with Crippen molar-refractivity contribution >= 4 is 0 Å². The molecule has 0 aliphatic carbocycles. The van der Waals surface area contributed by atoms with E-state index in [0.717, 1.165) is 13.0 Å². The molecule has 1 rings (SSSR count). The third kappa shape index (κ3) is 4.88. The molecule has 0 saturated carbocycles. The van der Waals surface area contributed by atoms with Crippen molar-refractivity contribution in [2.24, 2.45) is 0 Å². The largest absolute Gasteiger partial charge is 0.377 e. The van der Waals surface area contributed by atoms with Crippen molar-refractivity contribution in [1.29, 1.82) is 0 Å². The molecule has 1 unspecified atom stereocenters. The second-order valence-corrected chi connectivity index (χ2v) is 5.00. The van der Waals surface area contributed by atoms with E-state index in [9.17, 15) is 0 Å². The third-order valence-corrected chi connectivity index (χ3v) is 3.01. The number of aryl methyl sites for hydroxylation is 2. The first-order valence-corrected chi connectivity index (χ1v) is 6.38. The predicted octanol–water partition coefficient (Wildman–Crippen LogP) is 2.86. The molecule has 0 radical (unpaired) electrons. The summed E-state index contributed by atoms with van der Waals surface area (Å²) in [5, 5.41) is 3.33. The van der Waals surface area contributed by atoms with Crippen molar-refractivity contribution in [3.63, 3.8) is 0 Å². The van der Waals surface area contributed by atoms with E-state index in [1.165, 1.54) is 16.7 Å². The van der Waals surface area contributed by atoms with Gasteiger partial charge in [-0.15, -0.1) is 0 Å². The van der Waals surface area contributed by atoms with Gasteiger partial charge in [0.25, 0.3) is 0 Å². The summed E-state index contributed by atoms with van der Waals surface area (Å²) < 4.78 is 5.67. The van der Waals surface area contributed by atoms with Crippen LogP contribution in [0, 0.1) is 13.8 Å². The smallest absolute Gasteiger partial charge is 0.0626 e. The molecule has 1 aromatic carbocycles. The predicted molar refractivity (Wildman–Crippen MR) is 73.6 cm³/mol. The molecule has 0 aliphatic heterocycles. The zero-order valence-electron chi connectivity index (χ0n) is 11.7. The quantitative estimate of drug-likeness (QED) is 0.818. The van der Waals surface area contributed by atoms with Gasteiger partial charge in [-0.1, -0.05) is 23.8 Å². The highest BCUT2D eigenvalue weighted by Gasteiger charge is 2.10. The van der Waals surface area contributed by atoms with Crippen LogP contribution in [0.15, 0.2) is 18.2 Å². The first kappa shape index (κ1) is 14.2. The van der Waals surface area contributed by atoms with Crippen molar-refractivity contribution in [3.05, 3.63) is 34.9 Å². The second kappa shape index (κ2) is 6.77. The number of benzene rings is 1. The standard InChI is InChI=1S/C15H25NO/c1-11(2)17-10-15(16-5)9-14-8-12(3)6-7-13(14)4/h6-8,11,15-16H,9-10H2,1-5H3. The van der Waals surface area contributed by atoms with Gasteiger partial charge in [0, 0.05) is 6.04 Å². The van der Waals surface area contributed by atoms with Gasteiger partial charge in [-0.05, 0) is 52.3 Å². The van der Waals surface area contributed by atoms with Crippen LogP contribution in [0.2, 0.25) is 0 Å². The minimum absolute atomic E-state index is 0.296. The maximum absolute atomic E-state index is 5.67. The topological polar surface area (TPSA) is 21.3 Å². The molecule has 2 nitrogen and oxygen atoms in total. The molecule has 0 fully saturated rings. The van der Waals surface area contributed by atoms with E-state index in [4.69, 9.17) is 4.74 Å². The summed E-state index contributed by atoms with van der Waals surface area (Å²) >= 11 is 0. The minimum atomic E-state index is 0.296. The molecule has 96 valence electrons. The zero-order valence-corrected chi connectivity index (χ0v) is 11.7. The summed E-state index contributed by atoms with van der Waals surface area (Å²) in [6.07, 6.45) is 1.32.